The Morgan fingerprint density at radius 2 is 0.927 bits per heavy atom. The molecule has 6 heteroatoms. The average Bonchev–Trinajstić information content (AvgIpc) is 3.10. The number of hydrogen-bond donors (Lipinski definition) is 0. The maximum atomic E-state index is 8.92. The van der Waals surface area contributed by atoms with Gasteiger partial charge < -0.3 is 28.4 Å². The number of hydrogen-bond acceptors (Lipinski definition) is 6. The van der Waals surface area contributed by atoms with Gasteiger partial charge in [0.05, 0.1) is 38.4 Å². The first-order valence-corrected chi connectivity index (χ1v) is 13.6. The Bertz CT molecular complexity index is 1410. The third kappa shape index (κ3) is 8.57. The van der Waals surface area contributed by atoms with E-state index in [0.29, 0.717) is 22.3 Å². The first-order chi connectivity index (χ1) is 21.9. The minimum absolute atomic E-state index is 0.0985. The highest BCUT2D eigenvalue weighted by molar-refractivity contribution is 5.16. The highest BCUT2D eigenvalue weighted by Gasteiger charge is 2.48. The summed E-state index contributed by atoms with van der Waals surface area (Å²) in [5.41, 5.74) is 2.50. The van der Waals surface area contributed by atoms with Gasteiger partial charge >= 0.3 is 0 Å². The van der Waals surface area contributed by atoms with Gasteiger partial charge in [0.25, 0.3) is 0 Å². The highest BCUT2D eigenvalue weighted by Crippen LogP contribution is 2.31. The van der Waals surface area contributed by atoms with Crippen LogP contribution in [-0.4, -0.2) is 44.4 Å². The smallest absolute Gasteiger partial charge is 0.186 e. The van der Waals surface area contributed by atoms with Gasteiger partial charge in [0.1, 0.15) is 24.4 Å². The lowest BCUT2D eigenvalue weighted by molar-refractivity contribution is -0.323. The van der Waals surface area contributed by atoms with E-state index in [-0.39, 0.29) is 6.61 Å². The molecule has 0 amide bonds. The van der Waals surface area contributed by atoms with Crippen LogP contribution >= 0.6 is 0 Å². The molecule has 5 rings (SSSR count). The molecule has 4 aromatic rings. The highest BCUT2D eigenvalue weighted by atomic mass is 16.7. The maximum absolute atomic E-state index is 8.92. The van der Waals surface area contributed by atoms with Crippen LogP contribution in [0.5, 0.6) is 0 Å². The molecule has 9 atom stereocenters. The number of benzene rings is 4. The normalized spacial score (nSPS) is 26.9. The second kappa shape index (κ2) is 15.6. The number of ether oxygens (including phenoxy) is 6. The number of methoxy groups -OCH3 is 1. The summed E-state index contributed by atoms with van der Waals surface area (Å²) in [6.45, 7) is -4.53. The van der Waals surface area contributed by atoms with E-state index in [9.17, 15) is 0 Å². The van der Waals surface area contributed by atoms with Crippen LogP contribution in [0.15, 0.2) is 121 Å². The molecule has 0 aromatic heterocycles. The maximum Gasteiger partial charge on any atom is 0.186 e. The summed E-state index contributed by atoms with van der Waals surface area (Å²) in [6, 6.07) is 36.4. The Kier molecular flexibility index (Phi) is 9.22. The molecule has 5 unspecified atom stereocenters. The van der Waals surface area contributed by atoms with Gasteiger partial charge in [0.2, 0.25) is 0 Å². The SMILES string of the molecule is [2H]C(OC[C@H]1OC(OC)[C@H](OC([2H])c2ccccc2)[C@@H](OC([2H])c2ccccc2)[C@@H]1OC([2H])c1ccccc1)c1ccccc1. The van der Waals surface area contributed by atoms with Crippen molar-refractivity contribution in [3.63, 3.8) is 0 Å². The molecule has 1 aliphatic rings. The van der Waals surface area contributed by atoms with E-state index in [2.05, 4.69) is 0 Å². The van der Waals surface area contributed by atoms with Gasteiger partial charge in [-0.3, -0.25) is 0 Å². The molecule has 0 N–H and O–H groups in total. The summed E-state index contributed by atoms with van der Waals surface area (Å²) in [5.74, 6) is 0. The van der Waals surface area contributed by atoms with E-state index in [4.69, 9.17) is 33.9 Å². The summed E-state index contributed by atoms with van der Waals surface area (Å²) < 4.78 is 72.3. The van der Waals surface area contributed by atoms with Crippen molar-refractivity contribution >= 4 is 0 Å². The predicted molar refractivity (Wildman–Crippen MR) is 157 cm³/mol. The van der Waals surface area contributed by atoms with Crippen LogP contribution < -0.4 is 0 Å². The topological polar surface area (TPSA) is 55.4 Å². The Hall–Kier alpha value is -3.36. The van der Waals surface area contributed by atoms with Crippen LogP contribution in [0.4, 0.5) is 0 Å². The predicted octanol–water partition coefficient (Wildman–Crippen LogP) is 6.33. The largest absolute Gasteiger partial charge is 0.374 e. The lowest BCUT2D eigenvalue weighted by atomic mass is 9.97. The van der Waals surface area contributed by atoms with Gasteiger partial charge in [-0.1, -0.05) is 121 Å². The van der Waals surface area contributed by atoms with Crippen molar-refractivity contribution in [2.24, 2.45) is 0 Å². The molecule has 4 aromatic carbocycles. The van der Waals surface area contributed by atoms with Crippen LogP contribution in [0.3, 0.4) is 0 Å². The Balaban J connectivity index is 1.48. The molecular weight excluding hydrogens is 516 g/mol. The molecule has 1 fully saturated rings. The van der Waals surface area contributed by atoms with Gasteiger partial charge in [-0.05, 0) is 22.3 Å². The van der Waals surface area contributed by atoms with Crippen molar-refractivity contribution in [1.29, 1.82) is 0 Å². The van der Waals surface area contributed by atoms with E-state index in [1.165, 1.54) is 7.11 Å². The second-order valence-electron chi connectivity index (χ2n) is 9.53. The molecule has 0 bridgehead atoms. The molecule has 0 aliphatic carbocycles. The molecule has 0 saturated carbocycles. The van der Waals surface area contributed by atoms with E-state index < -0.39 is 57.0 Å². The van der Waals surface area contributed by atoms with Crippen molar-refractivity contribution in [3.05, 3.63) is 144 Å². The van der Waals surface area contributed by atoms with Crippen molar-refractivity contribution < 1.29 is 33.9 Å². The molecule has 41 heavy (non-hydrogen) atoms. The molecular formula is C35H38O6. The molecule has 1 saturated heterocycles. The van der Waals surface area contributed by atoms with Crippen LogP contribution in [0, 0.1) is 0 Å². The Morgan fingerprint density at radius 1 is 0.537 bits per heavy atom. The van der Waals surface area contributed by atoms with Gasteiger partial charge in [0, 0.05) is 7.11 Å². The number of rotatable bonds is 14. The van der Waals surface area contributed by atoms with Gasteiger partial charge in [-0.15, -0.1) is 0 Å². The van der Waals surface area contributed by atoms with E-state index in [0.717, 1.165) is 0 Å². The van der Waals surface area contributed by atoms with Crippen LogP contribution in [0.2, 0.25) is 0 Å². The summed E-state index contributed by atoms with van der Waals surface area (Å²) in [7, 11) is 1.46. The zero-order valence-electron chi connectivity index (χ0n) is 26.9. The summed E-state index contributed by atoms with van der Waals surface area (Å²) in [4.78, 5) is 0. The molecule has 0 radical (unpaired) electrons. The van der Waals surface area contributed by atoms with E-state index in [1.54, 1.807) is 48.5 Å². The second-order valence-corrected chi connectivity index (χ2v) is 9.53. The van der Waals surface area contributed by atoms with Crippen molar-refractivity contribution in [1.82, 2.24) is 0 Å². The summed E-state index contributed by atoms with van der Waals surface area (Å²) >= 11 is 0. The molecule has 0 spiro atoms. The van der Waals surface area contributed by atoms with Gasteiger partial charge in [-0.25, -0.2) is 0 Å². The van der Waals surface area contributed by atoms with Crippen LogP contribution in [0.1, 0.15) is 27.7 Å². The van der Waals surface area contributed by atoms with Gasteiger partial charge in [0.15, 0.2) is 6.29 Å². The summed E-state index contributed by atoms with van der Waals surface area (Å²) in [5, 5.41) is 0. The van der Waals surface area contributed by atoms with E-state index in [1.807, 2.05) is 72.8 Å². The fourth-order valence-corrected chi connectivity index (χ4v) is 4.50. The zero-order valence-corrected chi connectivity index (χ0v) is 22.9. The quantitative estimate of drug-likeness (QED) is 0.180. The molecule has 1 heterocycles. The Morgan fingerprint density at radius 3 is 1.37 bits per heavy atom. The average molecular weight is 559 g/mol. The standard InChI is InChI=1S/C35H38O6/c1-36-35-34(40-25-30-20-12-5-13-21-30)33(39-24-29-18-10-4-11-19-29)32(38-23-28-16-8-3-9-17-28)31(41-35)26-37-22-27-14-6-2-7-15-27/h2-21,31-35H,22-26H2,1H3/t31-,32-,33+,34-,35?/m1/s1/i22D,23D,24D,25D/t22?,23?,24?,25?,31-,32-,33+,34-,35?. The fraction of sp³-hybridized carbons (Fsp3) is 0.314. The van der Waals surface area contributed by atoms with Crippen molar-refractivity contribution in [2.45, 2.75) is 57.0 Å². The lowest BCUT2D eigenvalue weighted by Crippen LogP contribution is -2.61. The molecule has 1 aliphatic heterocycles. The third-order valence-corrected chi connectivity index (χ3v) is 6.59. The minimum Gasteiger partial charge on any atom is -0.374 e. The minimum atomic E-state index is -1.15. The van der Waals surface area contributed by atoms with Crippen LogP contribution in [-0.2, 0) is 54.8 Å². The van der Waals surface area contributed by atoms with Crippen LogP contribution in [0.25, 0.3) is 0 Å². The van der Waals surface area contributed by atoms with E-state index >= 15 is 0 Å². The monoisotopic (exact) mass is 558 g/mol. The van der Waals surface area contributed by atoms with Gasteiger partial charge in [-0.2, -0.15) is 0 Å². The molecule has 214 valence electrons. The first-order valence-electron chi connectivity index (χ1n) is 15.9. The van der Waals surface area contributed by atoms with Crippen molar-refractivity contribution in [2.75, 3.05) is 13.7 Å². The van der Waals surface area contributed by atoms with Crippen molar-refractivity contribution in [3.8, 4) is 0 Å². The fourth-order valence-electron chi connectivity index (χ4n) is 4.50. The Labute approximate surface area is 248 Å². The summed E-state index contributed by atoms with van der Waals surface area (Å²) in [6.07, 6.45) is -4.98. The third-order valence-electron chi connectivity index (χ3n) is 6.59. The lowest BCUT2D eigenvalue weighted by Gasteiger charge is -2.45. The molecule has 6 nitrogen and oxygen atoms in total. The first kappa shape index (κ1) is 24.3. The zero-order chi connectivity index (χ0) is 31.6.